The lowest BCUT2D eigenvalue weighted by molar-refractivity contribution is 0.106. The summed E-state index contributed by atoms with van der Waals surface area (Å²) < 4.78 is 0. The monoisotopic (exact) mass is 286 g/mol. The molecule has 5 nitrogen and oxygen atoms in total. The van der Waals surface area contributed by atoms with Gasteiger partial charge in [0.15, 0.2) is 5.82 Å². The van der Waals surface area contributed by atoms with Crippen LogP contribution in [0.2, 0.25) is 0 Å². The molecular weight excluding hydrogens is 264 g/mol. The number of nitrogens with zero attached hydrogens (tertiary/aromatic N) is 4. The van der Waals surface area contributed by atoms with Crippen molar-refractivity contribution >= 4 is 16.6 Å². The third-order valence-electron chi connectivity index (χ3n) is 4.16. The van der Waals surface area contributed by atoms with Crippen LogP contribution in [0.25, 0.3) is 10.8 Å². The zero-order valence-electron chi connectivity index (χ0n) is 12.4. The van der Waals surface area contributed by atoms with Crippen LogP contribution in [0.3, 0.4) is 0 Å². The molecule has 2 aromatic rings. The Labute approximate surface area is 125 Å². The van der Waals surface area contributed by atoms with E-state index in [4.69, 9.17) is 0 Å². The van der Waals surface area contributed by atoms with Crippen LogP contribution >= 0.6 is 0 Å². The van der Waals surface area contributed by atoms with Gasteiger partial charge >= 0.3 is 0 Å². The van der Waals surface area contributed by atoms with Gasteiger partial charge in [0.2, 0.25) is 0 Å². The fraction of sp³-hybridized carbons (Fsp3) is 0.500. The highest BCUT2D eigenvalue weighted by Crippen LogP contribution is 2.24. The van der Waals surface area contributed by atoms with Crippen molar-refractivity contribution in [3.8, 4) is 0 Å². The van der Waals surface area contributed by atoms with Crippen LogP contribution in [-0.2, 0) is 0 Å². The molecule has 0 saturated carbocycles. The molecule has 0 spiro atoms. The van der Waals surface area contributed by atoms with E-state index in [0.717, 1.165) is 55.7 Å². The van der Waals surface area contributed by atoms with E-state index in [1.54, 1.807) is 0 Å². The Morgan fingerprint density at radius 3 is 2.71 bits per heavy atom. The number of β-amino-alcohol motifs (C(OH)–C–C–N with tert-alkyl or cyclic N) is 1. The standard InChI is InChI=1S/C16H22N4O/c1-2-14(21)12-19-7-9-20(10-8-19)16-15-6-4-3-5-13(15)11-17-18-16/h3-6,11,14,21H,2,7-10,12H2,1H3/t14-/m0/s1. The molecule has 0 bridgehead atoms. The first-order valence-electron chi connectivity index (χ1n) is 7.63. The Hall–Kier alpha value is -1.72. The van der Waals surface area contributed by atoms with Crippen molar-refractivity contribution in [2.24, 2.45) is 0 Å². The molecule has 1 aromatic heterocycles. The lowest BCUT2D eigenvalue weighted by Crippen LogP contribution is -2.48. The van der Waals surface area contributed by atoms with E-state index in [2.05, 4.69) is 32.1 Å². The summed E-state index contributed by atoms with van der Waals surface area (Å²) in [6.07, 6.45) is 2.41. The third kappa shape index (κ3) is 3.14. The summed E-state index contributed by atoms with van der Waals surface area (Å²) in [5.74, 6) is 0.976. The maximum atomic E-state index is 9.76. The van der Waals surface area contributed by atoms with Crippen molar-refractivity contribution in [2.45, 2.75) is 19.4 Å². The van der Waals surface area contributed by atoms with Crippen LogP contribution in [0.15, 0.2) is 30.5 Å². The van der Waals surface area contributed by atoms with E-state index in [0.29, 0.717) is 0 Å². The number of piperazine rings is 1. The fourth-order valence-corrected chi connectivity index (χ4v) is 2.82. The van der Waals surface area contributed by atoms with Crippen molar-refractivity contribution in [3.63, 3.8) is 0 Å². The molecule has 1 N–H and O–H groups in total. The average molecular weight is 286 g/mol. The Balaban J connectivity index is 1.71. The molecule has 112 valence electrons. The molecule has 0 radical (unpaired) electrons. The van der Waals surface area contributed by atoms with Crippen LogP contribution < -0.4 is 4.90 Å². The number of fused-ring (bicyclic) bond motifs is 1. The summed E-state index contributed by atoms with van der Waals surface area (Å²) in [6, 6.07) is 8.24. The lowest BCUT2D eigenvalue weighted by Gasteiger charge is -2.36. The number of benzene rings is 1. The minimum absolute atomic E-state index is 0.214. The van der Waals surface area contributed by atoms with Crippen molar-refractivity contribution in [1.82, 2.24) is 15.1 Å². The maximum Gasteiger partial charge on any atom is 0.159 e. The molecule has 1 fully saturated rings. The molecule has 21 heavy (non-hydrogen) atoms. The van der Waals surface area contributed by atoms with Gasteiger partial charge in [-0.05, 0) is 6.42 Å². The van der Waals surface area contributed by atoms with E-state index in [9.17, 15) is 5.11 Å². The van der Waals surface area contributed by atoms with Gasteiger partial charge in [-0.25, -0.2) is 0 Å². The molecule has 1 atom stereocenters. The highest BCUT2D eigenvalue weighted by atomic mass is 16.3. The van der Waals surface area contributed by atoms with Crippen molar-refractivity contribution in [2.75, 3.05) is 37.6 Å². The summed E-state index contributed by atoms with van der Waals surface area (Å²) in [5.41, 5.74) is 0. The highest BCUT2D eigenvalue weighted by Gasteiger charge is 2.21. The second-order valence-corrected chi connectivity index (χ2v) is 5.61. The second-order valence-electron chi connectivity index (χ2n) is 5.61. The summed E-state index contributed by atoms with van der Waals surface area (Å²) >= 11 is 0. The first-order chi connectivity index (χ1) is 10.3. The van der Waals surface area contributed by atoms with Crippen molar-refractivity contribution in [3.05, 3.63) is 30.5 Å². The maximum absolute atomic E-state index is 9.76. The molecule has 1 aromatic carbocycles. The average Bonchev–Trinajstić information content (AvgIpc) is 2.55. The van der Waals surface area contributed by atoms with Gasteiger partial charge in [-0.3, -0.25) is 4.90 Å². The summed E-state index contributed by atoms with van der Waals surface area (Å²) in [5, 5.41) is 20.5. The molecule has 1 aliphatic heterocycles. The zero-order valence-corrected chi connectivity index (χ0v) is 12.4. The van der Waals surface area contributed by atoms with Crippen molar-refractivity contribution < 1.29 is 5.11 Å². The zero-order chi connectivity index (χ0) is 14.7. The smallest absolute Gasteiger partial charge is 0.159 e. The predicted octanol–water partition coefficient (Wildman–Crippen LogP) is 1.52. The number of anilines is 1. The quantitative estimate of drug-likeness (QED) is 0.923. The van der Waals surface area contributed by atoms with Crippen LogP contribution in [0.5, 0.6) is 0 Å². The van der Waals surface area contributed by atoms with Crippen LogP contribution in [0.1, 0.15) is 13.3 Å². The number of hydrogen-bond acceptors (Lipinski definition) is 5. The Bertz CT molecular complexity index is 590. The van der Waals surface area contributed by atoms with E-state index in [1.165, 1.54) is 0 Å². The van der Waals surface area contributed by atoms with Crippen LogP contribution in [0.4, 0.5) is 5.82 Å². The molecular formula is C16H22N4O. The Morgan fingerprint density at radius 2 is 1.95 bits per heavy atom. The van der Waals surface area contributed by atoms with Gasteiger partial charge in [0.1, 0.15) is 0 Å². The molecule has 0 unspecified atom stereocenters. The first-order valence-corrected chi connectivity index (χ1v) is 7.63. The first kappa shape index (κ1) is 14.2. The van der Waals surface area contributed by atoms with E-state index in [-0.39, 0.29) is 6.10 Å². The Kier molecular flexibility index (Phi) is 4.31. The van der Waals surface area contributed by atoms with Gasteiger partial charge in [-0.2, -0.15) is 5.10 Å². The second kappa shape index (κ2) is 6.37. The van der Waals surface area contributed by atoms with Gasteiger partial charge in [0.05, 0.1) is 12.3 Å². The van der Waals surface area contributed by atoms with Gasteiger partial charge < -0.3 is 10.0 Å². The predicted molar refractivity (Wildman–Crippen MR) is 84.5 cm³/mol. The van der Waals surface area contributed by atoms with Gasteiger partial charge in [-0.1, -0.05) is 31.2 Å². The number of hydrogen-bond donors (Lipinski definition) is 1. The van der Waals surface area contributed by atoms with E-state index < -0.39 is 0 Å². The number of rotatable bonds is 4. The summed E-state index contributed by atoms with van der Waals surface area (Å²) in [7, 11) is 0. The van der Waals surface area contributed by atoms with Crippen molar-refractivity contribution in [1.29, 1.82) is 0 Å². The minimum Gasteiger partial charge on any atom is -0.392 e. The normalized spacial score (nSPS) is 18.1. The van der Waals surface area contributed by atoms with E-state index >= 15 is 0 Å². The largest absolute Gasteiger partial charge is 0.392 e. The number of aliphatic hydroxyl groups is 1. The summed E-state index contributed by atoms with van der Waals surface area (Å²) in [4.78, 5) is 4.62. The summed E-state index contributed by atoms with van der Waals surface area (Å²) in [6.45, 7) is 6.57. The molecule has 3 rings (SSSR count). The molecule has 0 amide bonds. The molecule has 1 aliphatic rings. The van der Waals surface area contributed by atoms with Crippen LogP contribution in [0, 0.1) is 0 Å². The van der Waals surface area contributed by atoms with Gasteiger partial charge in [-0.15, -0.1) is 5.10 Å². The van der Waals surface area contributed by atoms with E-state index in [1.807, 2.05) is 25.3 Å². The Morgan fingerprint density at radius 1 is 1.19 bits per heavy atom. The highest BCUT2D eigenvalue weighted by molar-refractivity contribution is 5.91. The third-order valence-corrected chi connectivity index (χ3v) is 4.16. The fourth-order valence-electron chi connectivity index (χ4n) is 2.82. The molecule has 2 heterocycles. The van der Waals surface area contributed by atoms with Gasteiger partial charge in [0.25, 0.3) is 0 Å². The number of aromatic nitrogens is 2. The lowest BCUT2D eigenvalue weighted by atomic mass is 10.1. The minimum atomic E-state index is -0.214. The topological polar surface area (TPSA) is 52.5 Å². The van der Waals surface area contributed by atoms with Gasteiger partial charge in [0, 0.05) is 43.5 Å². The number of aliphatic hydroxyl groups excluding tert-OH is 1. The molecule has 0 aliphatic carbocycles. The molecule has 1 saturated heterocycles. The molecule has 5 heteroatoms. The SMILES string of the molecule is CC[C@H](O)CN1CCN(c2nncc3ccccc23)CC1. The van der Waals surface area contributed by atoms with Crippen LogP contribution in [-0.4, -0.2) is 59.0 Å².